The molecular formula is C17H18N6O. The van der Waals surface area contributed by atoms with E-state index in [4.69, 9.17) is 5.10 Å². The molecule has 2 N–H and O–H groups in total. The fourth-order valence-corrected chi connectivity index (χ4v) is 2.73. The number of fused-ring (bicyclic) bond motifs is 3. The van der Waals surface area contributed by atoms with Gasteiger partial charge in [0.15, 0.2) is 22.6 Å². The van der Waals surface area contributed by atoms with Crippen molar-refractivity contribution in [1.82, 2.24) is 24.1 Å². The van der Waals surface area contributed by atoms with E-state index in [2.05, 4.69) is 15.3 Å². The van der Waals surface area contributed by atoms with E-state index in [0.29, 0.717) is 12.4 Å². The second-order valence-electron chi connectivity index (χ2n) is 5.88. The van der Waals surface area contributed by atoms with Crippen LogP contribution in [0.4, 0.5) is 5.82 Å². The molecule has 0 saturated heterocycles. The molecular weight excluding hydrogens is 304 g/mol. The number of aliphatic hydroxyl groups excluding tert-OH is 1. The van der Waals surface area contributed by atoms with Gasteiger partial charge in [-0.2, -0.15) is 9.61 Å². The van der Waals surface area contributed by atoms with Gasteiger partial charge >= 0.3 is 0 Å². The quantitative estimate of drug-likeness (QED) is 0.601. The highest BCUT2D eigenvalue weighted by atomic mass is 16.3. The van der Waals surface area contributed by atoms with Gasteiger partial charge in [0.05, 0.1) is 18.1 Å². The lowest BCUT2D eigenvalue weighted by molar-refractivity contribution is 0.208. The van der Waals surface area contributed by atoms with Crippen LogP contribution in [0.3, 0.4) is 0 Å². The summed E-state index contributed by atoms with van der Waals surface area (Å²) in [5.74, 6) is 0.651. The highest BCUT2D eigenvalue weighted by molar-refractivity contribution is 5.86. The third kappa shape index (κ3) is 2.39. The first-order valence-electron chi connectivity index (χ1n) is 7.81. The second kappa shape index (κ2) is 5.61. The van der Waals surface area contributed by atoms with Crippen molar-refractivity contribution < 1.29 is 5.11 Å². The van der Waals surface area contributed by atoms with Crippen molar-refractivity contribution in [2.75, 3.05) is 11.9 Å². The lowest BCUT2D eigenvalue weighted by Crippen LogP contribution is -2.16. The summed E-state index contributed by atoms with van der Waals surface area (Å²) in [5.41, 5.74) is 4.22. The van der Waals surface area contributed by atoms with E-state index >= 15 is 0 Å². The van der Waals surface area contributed by atoms with E-state index in [1.807, 2.05) is 48.0 Å². The Bertz CT molecular complexity index is 1000. The van der Waals surface area contributed by atoms with Gasteiger partial charge in [-0.15, -0.1) is 0 Å². The van der Waals surface area contributed by atoms with E-state index in [0.717, 1.165) is 28.1 Å². The molecule has 24 heavy (non-hydrogen) atoms. The summed E-state index contributed by atoms with van der Waals surface area (Å²) in [4.78, 5) is 9.06. The minimum absolute atomic E-state index is 0.411. The highest BCUT2D eigenvalue weighted by Crippen LogP contribution is 2.25. The zero-order valence-electron chi connectivity index (χ0n) is 13.5. The fraction of sp³-hybridized carbons (Fsp3) is 0.235. The Balaban J connectivity index is 1.92. The zero-order chi connectivity index (χ0) is 16.7. The molecule has 1 aromatic carbocycles. The van der Waals surface area contributed by atoms with Crippen LogP contribution in [0.2, 0.25) is 0 Å². The Hall–Kier alpha value is -2.93. The maximum absolute atomic E-state index is 9.52. The van der Waals surface area contributed by atoms with Gasteiger partial charge in [0.2, 0.25) is 0 Å². The molecule has 0 fully saturated rings. The van der Waals surface area contributed by atoms with Crippen molar-refractivity contribution >= 4 is 22.6 Å². The average molecular weight is 322 g/mol. The molecule has 3 heterocycles. The van der Waals surface area contributed by atoms with Crippen LogP contribution in [0.25, 0.3) is 28.1 Å². The standard InChI is InChI=1S/C17H18N6O/c1-11(24)9-18-16-15-17(22(2)10-19-15)23-14(20-16)8-13(21-23)12-6-4-3-5-7-12/h3-8,10-11,24H,9H2,1-2H3,(H,18,20)/t11-/m1/s1. The van der Waals surface area contributed by atoms with Crippen LogP contribution < -0.4 is 5.32 Å². The maximum Gasteiger partial charge on any atom is 0.167 e. The maximum atomic E-state index is 9.52. The van der Waals surface area contributed by atoms with Gasteiger partial charge in [0, 0.05) is 25.2 Å². The van der Waals surface area contributed by atoms with Gasteiger partial charge in [-0.1, -0.05) is 30.3 Å². The molecule has 0 aliphatic rings. The molecule has 0 amide bonds. The summed E-state index contributed by atoms with van der Waals surface area (Å²) in [6.07, 6.45) is 1.27. The summed E-state index contributed by atoms with van der Waals surface area (Å²) in [7, 11) is 1.93. The number of anilines is 1. The minimum Gasteiger partial charge on any atom is -0.392 e. The van der Waals surface area contributed by atoms with Crippen LogP contribution in [0.5, 0.6) is 0 Å². The summed E-state index contributed by atoms with van der Waals surface area (Å²) in [5, 5.41) is 17.4. The predicted molar refractivity (Wildman–Crippen MR) is 92.9 cm³/mol. The monoisotopic (exact) mass is 322 g/mol. The Morgan fingerprint density at radius 2 is 2.04 bits per heavy atom. The molecule has 7 nitrogen and oxygen atoms in total. The minimum atomic E-state index is -0.466. The molecule has 0 aliphatic heterocycles. The molecule has 0 radical (unpaired) electrons. The van der Waals surface area contributed by atoms with Gasteiger partial charge in [-0.25, -0.2) is 9.97 Å². The summed E-state index contributed by atoms with van der Waals surface area (Å²) in [6.45, 7) is 2.14. The Labute approximate surface area is 138 Å². The van der Waals surface area contributed by atoms with E-state index in [-0.39, 0.29) is 0 Å². The number of aryl methyl sites for hydroxylation is 1. The van der Waals surface area contributed by atoms with Crippen LogP contribution in [-0.4, -0.2) is 41.9 Å². The van der Waals surface area contributed by atoms with Gasteiger partial charge in [0.25, 0.3) is 0 Å². The van der Waals surface area contributed by atoms with Gasteiger partial charge in [-0.05, 0) is 6.92 Å². The number of nitrogens with zero attached hydrogens (tertiary/aromatic N) is 5. The first-order valence-corrected chi connectivity index (χ1v) is 7.81. The number of nitrogens with one attached hydrogen (secondary N) is 1. The summed E-state index contributed by atoms with van der Waals surface area (Å²) in [6, 6.07) is 12.0. The van der Waals surface area contributed by atoms with Crippen molar-refractivity contribution in [2.24, 2.45) is 7.05 Å². The highest BCUT2D eigenvalue weighted by Gasteiger charge is 2.16. The van der Waals surface area contributed by atoms with Crippen molar-refractivity contribution in [3.63, 3.8) is 0 Å². The van der Waals surface area contributed by atoms with E-state index in [9.17, 15) is 5.11 Å². The molecule has 0 unspecified atom stereocenters. The molecule has 4 aromatic rings. The largest absolute Gasteiger partial charge is 0.392 e. The first-order chi connectivity index (χ1) is 11.6. The molecule has 0 aliphatic carbocycles. The van der Waals surface area contributed by atoms with E-state index < -0.39 is 6.10 Å². The third-order valence-electron chi connectivity index (χ3n) is 3.88. The van der Waals surface area contributed by atoms with Crippen LogP contribution in [0.1, 0.15) is 6.92 Å². The third-order valence-corrected chi connectivity index (χ3v) is 3.88. The number of aliphatic hydroxyl groups is 1. The van der Waals surface area contributed by atoms with Crippen molar-refractivity contribution in [3.05, 3.63) is 42.7 Å². The lowest BCUT2D eigenvalue weighted by atomic mass is 10.2. The van der Waals surface area contributed by atoms with Crippen molar-refractivity contribution in [2.45, 2.75) is 13.0 Å². The van der Waals surface area contributed by atoms with E-state index in [1.165, 1.54) is 0 Å². The smallest absolute Gasteiger partial charge is 0.167 e. The van der Waals surface area contributed by atoms with Crippen LogP contribution in [0.15, 0.2) is 42.7 Å². The van der Waals surface area contributed by atoms with Crippen molar-refractivity contribution in [1.29, 1.82) is 0 Å². The number of hydrogen-bond acceptors (Lipinski definition) is 5. The number of aromatic nitrogens is 5. The molecule has 4 rings (SSSR count). The van der Waals surface area contributed by atoms with Crippen LogP contribution >= 0.6 is 0 Å². The van der Waals surface area contributed by atoms with Gasteiger partial charge < -0.3 is 15.0 Å². The van der Waals surface area contributed by atoms with Crippen LogP contribution in [0, 0.1) is 0 Å². The SMILES string of the molecule is C[C@@H](O)CNc1nc2cc(-c3ccccc3)nn2c2c1ncn2C. The molecule has 3 aromatic heterocycles. The molecule has 7 heteroatoms. The molecule has 0 spiro atoms. The first kappa shape index (κ1) is 14.6. The van der Waals surface area contributed by atoms with Crippen molar-refractivity contribution in [3.8, 4) is 11.3 Å². The lowest BCUT2D eigenvalue weighted by Gasteiger charge is -2.09. The Morgan fingerprint density at radius 3 is 2.79 bits per heavy atom. The average Bonchev–Trinajstić information content (AvgIpc) is 3.17. The molecule has 122 valence electrons. The predicted octanol–water partition coefficient (Wildman–Crippen LogP) is 2.08. The fourth-order valence-electron chi connectivity index (χ4n) is 2.73. The normalized spacial score (nSPS) is 12.8. The Kier molecular flexibility index (Phi) is 3.42. The number of imidazole rings is 1. The van der Waals surface area contributed by atoms with Crippen LogP contribution in [-0.2, 0) is 7.05 Å². The topological polar surface area (TPSA) is 80.3 Å². The molecule has 0 saturated carbocycles. The number of rotatable bonds is 4. The zero-order valence-corrected chi connectivity index (χ0v) is 13.5. The van der Waals surface area contributed by atoms with Gasteiger partial charge in [-0.3, -0.25) is 0 Å². The second-order valence-corrected chi connectivity index (χ2v) is 5.88. The molecule has 0 bridgehead atoms. The molecule has 1 atom stereocenters. The Morgan fingerprint density at radius 1 is 1.25 bits per heavy atom. The van der Waals surface area contributed by atoms with Gasteiger partial charge in [0.1, 0.15) is 0 Å². The summed E-state index contributed by atoms with van der Waals surface area (Å²) >= 11 is 0. The number of hydrogen-bond donors (Lipinski definition) is 2. The summed E-state index contributed by atoms with van der Waals surface area (Å²) < 4.78 is 3.72. The van der Waals surface area contributed by atoms with E-state index in [1.54, 1.807) is 17.8 Å². The number of benzene rings is 1.